The van der Waals surface area contributed by atoms with E-state index in [0.29, 0.717) is 28.3 Å². The largest absolute Gasteiger partial charge is 0.336 e. The van der Waals surface area contributed by atoms with Crippen LogP contribution in [0.25, 0.3) is 56.0 Å². The zero-order valence-corrected chi connectivity index (χ0v) is 21.5. The molecule has 6 heterocycles. The number of carbonyl (C=O) groups is 1. The number of hydrogen-bond acceptors (Lipinski definition) is 7. The number of thiophene rings is 1. The molecule has 0 bridgehead atoms. The Bertz CT molecular complexity index is 2000. The summed E-state index contributed by atoms with van der Waals surface area (Å²) in [5, 5.41) is 14.2. The summed E-state index contributed by atoms with van der Waals surface area (Å²) in [5.74, 6) is -0.332. The summed E-state index contributed by atoms with van der Waals surface area (Å²) in [5.41, 5.74) is 5.73. The number of rotatable bonds is 6. The van der Waals surface area contributed by atoms with E-state index >= 15 is 4.39 Å². The van der Waals surface area contributed by atoms with Crippen molar-refractivity contribution in [1.29, 1.82) is 0 Å². The van der Waals surface area contributed by atoms with Gasteiger partial charge in [0.1, 0.15) is 17.0 Å². The predicted octanol–water partition coefficient (Wildman–Crippen LogP) is 6.01. The highest BCUT2D eigenvalue weighted by atomic mass is 32.1. The molecule has 0 saturated heterocycles. The lowest BCUT2D eigenvalue weighted by molar-refractivity contribution is -0.115. The number of benzene rings is 1. The van der Waals surface area contributed by atoms with Gasteiger partial charge in [-0.05, 0) is 29.1 Å². The first-order valence-electron chi connectivity index (χ1n) is 12.3. The third-order valence-corrected chi connectivity index (χ3v) is 7.17. The topological polar surface area (TPSA) is 125 Å². The molecular formula is C29H19FN8OS. The fourth-order valence-electron chi connectivity index (χ4n) is 4.63. The van der Waals surface area contributed by atoms with Crippen molar-refractivity contribution in [3.05, 3.63) is 95.5 Å². The molecule has 11 heteroatoms. The van der Waals surface area contributed by atoms with Crippen LogP contribution in [0.15, 0.2) is 84.1 Å². The van der Waals surface area contributed by atoms with Crippen molar-refractivity contribution in [3.63, 3.8) is 0 Å². The molecule has 0 radical (unpaired) electrons. The molecule has 3 N–H and O–H groups in total. The van der Waals surface area contributed by atoms with Gasteiger partial charge < -0.3 is 10.3 Å². The number of hydrogen-bond donors (Lipinski definition) is 3. The van der Waals surface area contributed by atoms with Gasteiger partial charge in [-0.25, -0.2) is 14.4 Å². The van der Waals surface area contributed by atoms with Crippen LogP contribution in [-0.2, 0) is 11.2 Å². The average molecular weight is 547 g/mol. The van der Waals surface area contributed by atoms with E-state index in [1.165, 1.54) is 18.6 Å². The number of amides is 1. The van der Waals surface area contributed by atoms with Crippen molar-refractivity contribution in [2.75, 3.05) is 5.32 Å². The number of nitrogens with zero attached hydrogens (tertiary/aromatic N) is 5. The van der Waals surface area contributed by atoms with Crippen molar-refractivity contribution in [1.82, 2.24) is 35.1 Å². The second kappa shape index (κ2) is 9.79. The molecule has 0 spiro atoms. The Hall–Kier alpha value is -5.29. The Morgan fingerprint density at radius 3 is 2.75 bits per heavy atom. The van der Waals surface area contributed by atoms with Crippen molar-refractivity contribution >= 4 is 45.0 Å². The van der Waals surface area contributed by atoms with Gasteiger partial charge in [-0.2, -0.15) is 16.4 Å². The van der Waals surface area contributed by atoms with E-state index < -0.39 is 5.82 Å². The highest BCUT2D eigenvalue weighted by molar-refractivity contribution is 7.08. The first kappa shape index (κ1) is 23.8. The van der Waals surface area contributed by atoms with Gasteiger partial charge in [-0.1, -0.05) is 30.3 Å². The van der Waals surface area contributed by atoms with Gasteiger partial charge in [-0.15, -0.1) is 0 Å². The number of H-pyrrole nitrogens is 2. The third kappa shape index (κ3) is 4.28. The van der Waals surface area contributed by atoms with Gasteiger partial charge in [-0.3, -0.25) is 19.9 Å². The number of anilines is 1. The summed E-state index contributed by atoms with van der Waals surface area (Å²) in [6.07, 6.45) is 6.39. The lowest BCUT2D eigenvalue weighted by atomic mass is 10.1. The number of pyridine rings is 3. The summed E-state index contributed by atoms with van der Waals surface area (Å²) in [4.78, 5) is 33.7. The number of carbonyl (C=O) groups excluding carboxylic acids is 1. The quantitative estimate of drug-likeness (QED) is 0.235. The minimum atomic E-state index is -0.528. The average Bonchev–Trinajstić information content (AvgIpc) is 3.73. The highest BCUT2D eigenvalue weighted by Gasteiger charge is 2.21. The van der Waals surface area contributed by atoms with Gasteiger partial charge in [0.05, 0.1) is 34.9 Å². The smallest absolute Gasteiger partial charge is 0.228 e. The molecule has 0 aliphatic carbocycles. The summed E-state index contributed by atoms with van der Waals surface area (Å²) >= 11 is 1.57. The van der Waals surface area contributed by atoms with E-state index in [4.69, 9.17) is 4.98 Å². The maximum Gasteiger partial charge on any atom is 0.228 e. The Morgan fingerprint density at radius 1 is 1.00 bits per heavy atom. The number of aromatic amines is 2. The van der Waals surface area contributed by atoms with Crippen LogP contribution in [0, 0.1) is 5.82 Å². The van der Waals surface area contributed by atoms with Crippen LogP contribution in [0.1, 0.15) is 5.56 Å². The predicted molar refractivity (Wildman–Crippen MR) is 152 cm³/mol. The lowest BCUT2D eigenvalue weighted by Crippen LogP contribution is -2.14. The van der Waals surface area contributed by atoms with E-state index in [1.807, 2.05) is 53.2 Å². The zero-order valence-electron chi connectivity index (χ0n) is 20.7. The third-order valence-electron chi connectivity index (χ3n) is 6.49. The molecule has 194 valence electrons. The second-order valence-electron chi connectivity index (χ2n) is 9.11. The summed E-state index contributed by atoms with van der Waals surface area (Å²) in [6.45, 7) is 0. The fourth-order valence-corrected chi connectivity index (χ4v) is 5.27. The van der Waals surface area contributed by atoms with E-state index in [0.717, 1.165) is 22.3 Å². The van der Waals surface area contributed by atoms with Crippen LogP contribution in [0.2, 0.25) is 0 Å². The van der Waals surface area contributed by atoms with Crippen molar-refractivity contribution in [3.8, 4) is 33.9 Å². The van der Waals surface area contributed by atoms with E-state index in [-0.39, 0.29) is 28.9 Å². The van der Waals surface area contributed by atoms with Gasteiger partial charge in [0.2, 0.25) is 5.91 Å². The highest BCUT2D eigenvalue weighted by Crippen LogP contribution is 2.34. The van der Waals surface area contributed by atoms with Crippen molar-refractivity contribution in [2.45, 2.75) is 6.42 Å². The molecule has 7 rings (SSSR count). The molecule has 7 aromatic rings. The lowest BCUT2D eigenvalue weighted by Gasteiger charge is -2.08. The molecule has 0 aliphatic rings. The standard InChI is InChI=1S/C29H19FN8OS/c30-24-20(18-11-19(13-31-12-18)34-22(39)10-16-4-2-1-3-5-16)14-33-28-23(24)27(37-38-28)29-35-21-6-8-32-25(26(21)36-29)17-7-9-40-15-17/h1-9,11-15H,10H2,(H,34,39)(H,35,36)(H,33,37,38). The van der Waals surface area contributed by atoms with Crippen LogP contribution < -0.4 is 5.32 Å². The monoisotopic (exact) mass is 546 g/mol. The number of halogens is 1. The second-order valence-corrected chi connectivity index (χ2v) is 9.89. The number of imidazole rings is 1. The van der Waals surface area contributed by atoms with Crippen molar-refractivity contribution in [2.24, 2.45) is 0 Å². The Kier molecular flexibility index (Phi) is 5.82. The van der Waals surface area contributed by atoms with E-state index in [1.54, 1.807) is 23.6 Å². The van der Waals surface area contributed by atoms with Crippen LogP contribution in [0.5, 0.6) is 0 Å². The summed E-state index contributed by atoms with van der Waals surface area (Å²) in [6, 6.07) is 14.9. The first-order chi connectivity index (χ1) is 19.6. The molecule has 0 atom stereocenters. The first-order valence-corrected chi connectivity index (χ1v) is 13.3. The molecule has 0 aliphatic heterocycles. The minimum absolute atomic E-state index is 0.195. The minimum Gasteiger partial charge on any atom is -0.336 e. The normalized spacial score (nSPS) is 11.3. The van der Waals surface area contributed by atoms with Gasteiger partial charge in [0.15, 0.2) is 11.5 Å². The maximum atomic E-state index is 16.1. The molecule has 0 unspecified atom stereocenters. The summed E-state index contributed by atoms with van der Waals surface area (Å²) < 4.78 is 16.1. The molecule has 40 heavy (non-hydrogen) atoms. The number of aromatic nitrogens is 7. The maximum absolute atomic E-state index is 16.1. The zero-order chi connectivity index (χ0) is 27.1. The molecule has 1 amide bonds. The van der Waals surface area contributed by atoms with Gasteiger partial charge >= 0.3 is 0 Å². The van der Waals surface area contributed by atoms with E-state index in [2.05, 4.69) is 35.5 Å². The molecule has 0 saturated carbocycles. The molecule has 9 nitrogen and oxygen atoms in total. The molecular weight excluding hydrogens is 527 g/mol. The van der Waals surface area contributed by atoms with Crippen LogP contribution >= 0.6 is 11.3 Å². The number of nitrogens with one attached hydrogen (secondary N) is 3. The number of fused-ring (bicyclic) bond motifs is 2. The van der Waals surface area contributed by atoms with Crippen LogP contribution in [-0.4, -0.2) is 41.0 Å². The van der Waals surface area contributed by atoms with E-state index in [9.17, 15) is 4.79 Å². The summed E-state index contributed by atoms with van der Waals surface area (Å²) in [7, 11) is 0. The van der Waals surface area contributed by atoms with Gasteiger partial charge in [0, 0.05) is 40.7 Å². The van der Waals surface area contributed by atoms with Crippen LogP contribution in [0.4, 0.5) is 10.1 Å². The Labute approximate surface area is 230 Å². The Balaban J connectivity index is 1.24. The SMILES string of the molecule is O=C(Cc1ccccc1)Nc1cncc(-c2cnc3[nH]nc(-c4nc5c(-c6ccsc6)nccc5[nH]4)c3c2F)c1. The Morgan fingerprint density at radius 2 is 1.90 bits per heavy atom. The molecule has 1 aromatic carbocycles. The van der Waals surface area contributed by atoms with Crippen molar-refractivity contribution < 1.29 is 9.18 Å². The molecule has 6 aromatic heterocycles. The van der Waals surface area contributed by atoms with Crippen LogP contribution in [0.3, 0.4) is 0 Å². The molecule has 0 fully saturated rings. The van der Waals surface area contributed by atoms with Gasteiger partial charge in [0.25, 0.3) is 0 Å². The fraction of sp³-hybridized carbons (Fsp3) is 0.0345.